The van der Waals surface area contributed by atoms with Crippen LogP contribution in [0, 0.1) is 0 Å². The van der Waals surface area contributed by atoms with Gasteiger partial charge in [-0.2, -0.15) is 0 Å². The molecule has 0 aliphatic carbocycles. The number of halogens is 2. The van der Waals surface area contributed by atoms with Crippen LogP contribution in [-0.2, 0) is 22.2 Å². The van der Waals surface area contributed by atoms with Crippen LogP contribution in [0.4, 0.5) is 0 Å². The maximum atomic E-state index is 10.1. The monoisotopic (exact) mass is 239 g/mol. The quantitative estimate of drug-likeness (QED) is 0.761. The summed E-state index contributed by atoms with van der Waals surface area (Å²) < 4.78 is 24.4. The molecular weight excluding hydrogens is 235 g/mol. The lowest BCUT2D eigenvalue weighted by molar-refractivity contribution is 0.291. The van der Waals surface area contributed by atoms with Crippen molar-refractivity contribution in [3.8, 4) is 0 Å². The summed E-state index contributed by atoms with van der Waals surface area (Å²) in [7, 11) is 0. The molecule has 72 valence electrons. The minimum Gasteiger partial charge on any atom is -0.750 e. The molecule has 1 aromatic rings. The van der Waals surface area contributed by atoms with E-state index in [0.717, 1.165) is 0 Å². The van der Waals surface area contributed by atoms with E-state index in [1.165, 1.54) is 0 Å². The summed E-state index contributed by atoms with van der Waals surface area (Å²) in [6, 6.07) is 4.72. The number of benzene rings is 1. The van der Waals surface area contributed by atoms with Crippen molar-refractivity contribution >= 4 is 34.6 Å². The van der Waals surface area contributed by atoms with Crippen molar-refractivity contribution in [3.63, 3.8) is 0 Å². The molecule has 13 heavy (non-hydrogen) atoms. The summed E-state index contributed by atoms with van der Waals surface area (Å²) in [6.45, 7) is -0.0591. The Hall–Kier alpha value is -0.130. The van der Waals surface area contributed by atoms with E-state index >= 15 is 0 Å². The van der Waals surface area contributed by atoms with Gasteiger partial charge in [0, 0.05) is 10.0 Å². The Bertz CT molecular complexity index is 309. The SMILES string of the molecule is O=S([O-])OCc1cc(Cl)cc(Cl)c1. The summed E-state index contributed by atoms with van der Waals surface area (Å²) in [5.74, 6) is 0. The predicted molar refractivity (Wildman–Crippen MR) is 50.2 cm³/mol. The zero-order chi connectivity index (χ0) is 9.84. The van der Waals surface area contributed by atoms with E-state index < -0.39 is 11.4 Å². The highest BCUT2D eigenvalue weighted by Gasteiger charge is 1.98. The molecule has 3 nitrogen and oxygen atoms in total. The molecule has 0 spiro atoms. The minimum absolute atomic E-state index is 0.0591. The van der Waals surface area contributed by atoms with Crippen molar-refractivity contribution in [2.45, 2.75) is 6.61 Å². The van der Waals surface area contributed by atoms with Crippen LogP contribution < -0.4 is 0 Å². The van der Waals surface area contributed by atoms with Gasteiger partial charge < -0.3 is 4.55 Å². The zero-order valence-corrected chi connectivity index (χ0v) is 8.66. The Morgan fingerprint density at radius 3 is 2.31 bits per heavy atom. The molecule has 1 aromatic carbocycles. The lowest BCUT2D eigenvalue weighted by Gasteiger charge is -2.06. The second kappa shape index (κ2) is 4.93. The van der Waals surface area contributed by atoms with Crippen LogP contribution in [0.3, 0.4) is 0 Å². The highest BCUT2D eigenvalue weighted by atomic mass is 35.5. The van der Waals surface area contributed by atoms with Crippen molar-refractivity contribution in [2.75, 3.05) is 0 Å². The maximum absolute atomic E-state index is 10.1. The Labute approximate surface area is 88.1 Å². The third-order valence-corrected chi connectivity index (χ3v) is 1.99. The lowest BCUT2D eigenvalue weighted by atomic mass is 10.2. The predicted octanol–water partition coefficient (Wildman–Crippen LogP) is 2.30. The molecule has 1 atom stereocenters. The molecule has 0 saturated carbocycles. The van der Waals surface area contributed by atoms with Crippen molar-refractivity contribution in [1.29, 1.82) is 0 Å². The van der Waals surface area contributed by atoms with Crippen LogP contribution in [0.2, 0.25) is 10.0 Å². The molecule has 0 saturated heterocycles. The smallest absolute Gasteiger partial charge is 0.0880 e. The standard InChI is InChI=1S/C7H6Cl2O3S/c8-6-1-5(2-7(9)3-6)4-12-13(10)11/h1-3H,4H2,(H,10,11)/p-1. The zero-order valence-electron chi connectivity index (χ0n) is 6.33. The van der Waals surface area contributed by atoms with Crippen LogP contribution in [0.15, 0.2) is 18.2 Å². The molecule has 1 rings (SSSR count). The van der Waals surface area contributed by atoms with Gasteiger partial charge in [0.1, 0.15) is 0 Å². The highest BCUT2D eigenvalue weighted by molar-refractivity contribution is 7.74. The van der Waals surface area contributed by atoms with Gasteiger partial charge in [0.15, 0.2) is 0 Å². The summed E-state index contributed by atoms with van der Waals surface area (Å²) in [5, 5.41) is 0.894. The molecule has 1 unspecified atom stereocenters. The second-order valence-corrected chi connectivity index (χ2v) is 3.76. The Morgan fingerprint density at radius 1 is 1.31 bits per heavy atom. The first-order valence-electron chi connectivity index (χ1n) is 3.25. The van der Waals surface area contributed by atoms with E-state index in [0.29, 0.717) is 15.6 Å². The van der Waals surface area contributed by atoms with Gasteiger partial charge in [0.05, 0.1) is 18.0 Å². The number of rotatable bonds is 3. The number of hydrogen-bond acceptors (Lipinski definition) is 3. The van der Waals surface area contributed by atoms with Gasteiger partial charge in [-0.25, -0.2) is 4.21 Å². The fourth-order valence-corrected chi connectivity index (χ4v) is 1.61. The summed E-state index contributed by atoms with van der Waals surface area (Å²) >= 11 is 8.83. The Kier molecular flexibility index (Phi) is 4.15. The van der Waals surface area contributed by atoms with Gasteiger partial charge in [-0.1, -0.05) is 23.2 Å². The molecule has 0 aliphatic heterocycles. The normalized spacial score (nSPS) is 12.8. The van der Waals surface area contributed by atoms with Gasteiger partial charge in [-0.3, -0.25) is 4.18 Å². The molecule has 6 heteroatoms. The Morgan fingerprint density at radius 2 is 1.85 bits per heavy atom. The first-order chi connectivity index (χ1) is 6.08. The molecule has 0 aliphatic rings. The van der Waals surface area contributed by atoms with E-state index in [9.17, 15) is 8.76 Å². The van der Waals surface area contributed by atoms with Crippen molar-refractivity contribution in [1.82, 2.24) is 0 Å². The van der Waals surface area contributed by atoms with Crippen molar-refractivity contribution in [3.05, 3.63) is 33.8 Å². The lowest BCUT2D eigenvalue weighted by Crippen LogP contribution is -1.95. The van der Waals surface area contributed by atoms with Gasteiger partial charge in [0.25, 0.3) is 0 Å². The van der Waals surface area contributed by atoms with E-state index in [1.54, 1.807) is 18.2 Å². The first kappa shape index (κ1) is 10.9. The molecule has 0 amide bonds. The van der Waals surface area contributed by atoms with E-state index in [-0.39, 0.29) is 6.61 Å². The summed E-state index contributed by atoms with van der Waals surface area (Å²) in [6.07, 6.45) is 0. The fraction of sp³-hybridized carbons (Fsp3) is 0.143. The van der Waals surface area contributed by atoms with E-state index in [2.05, 4.69) is 4.18 Å². The van der Waals surface area contributed by atoms with Crippen LogP contribution in [0.5, 0.6) is 0 Å². The van der Waals surface area contributed by atoms with Crippen molar-refractivity contribution < 1.29 is 12.9 Å². The molecule has 0 aromatic heterocycles. The molecule has 0 heterocycles. The van der Waals surface area contributed by atoms with Crippen LogP contribution >= 0.6 is 23.2 Å². The molecular formula is C7H5Cl2O3S-. The van der Waals surface area contributed by atoms with Gasteiger partial charge in [0.2, 0.25) is 0 Å². The molecule has 0 radical (unpaired) electrons. The third kappa shape index (κ3) is 4.06. The summed E-state index contributed by atoms with van der Waals surface area (Å²) in [5.41, 5.74) is 0.613. The minimum atomic E-state index is -2.52. The average Bonchev–Trinajstić information content (AvgIpc) is 1.99. The van der Waals surface area contributed by atoms with Gasteiger partial charge in [-0.15, -0.1) is 0 Å². The second-order valence-electron chi connectivity index (χ2n) is 2.24. The van der Waals surface area contributed by atoms with Crippen molar-refractivity contribution in [2.24, 2.45) is 0 Å². The third-order valence-electron chi connectivity index (χ3n) is 1.24. The average molecular weight is 240 g/mol. The van der Waals surface area contributed by atoms with E-state index in [1.807, 2.05) is 0 Å². The van der Waals surface area contributed by atoms with Crippen LogP contribution in [0.25, 0.3) is 0 Å². The molecule has 0 N–H and O–H groups in total. The maximum Gasteiger partial charge on any atom is 0.0880 e. The topological polar surface area (TPSA) is 49.4 Å². The number of hydrogen-bond donors (Lipinski definition) is 0. The first-order valence-corrected chi connectivity index (χ1v) is 5.01. The van der Waals surface area contributed by atoms with Gasteiger partial charge >= 0.3 is 0 Å². The van der Waals surface area contributed by atoms with Gasteiger partial charge in [-0.05, 0) is 23.8 Å². The highest BCUT2D eigenvalue weighted by Crippen LogP contribution is 2.19. The van der Waals surface area contributed by atoms with Crippen LogP contribution in [-0.4, -0.2) is 8.76 Å². The van der Waals surface area contributed by atoms with E-state index in [4.69, 9.17) is 23.2 Å². The molecule has 0 fully saturated rings. The Balaban J connectivity index is 2.71. The largest absolute Gasteiger partial charge is 0.750 e. The summed E-state index contributed by atoms with van der Waals surface area (Å²) in [4.78, 5) is 0. The fourth-order valence-electron chi connectivity index (χ4n) is 0.810. The molecule has 0 bridgehead atoms. The van der Waals surface area contributed by atoms with Crippen LogP contribution in [0.1, 0.15) is 5.56 Å².